The zero-order valence-electron chi connectivity index (χ0n) is 18.1. The van der Waals surface area contributed by atoms with Gasteiger partial charge in [-0.2, -0.15) is 13.5 Å². The average Bonchev–Trinajstić information content (AvgIpc) is 3.45. The summed E-state index contributed by atoms with van der Waals surface area (Å²) in [5.74, 6) is -0.255. The van der Waals surface area contributed by atoms with Crippen molar-refractivity contribution >= 4 is 55.8 Å². The van der Waals surface area contributed by atoms with E-state index in [2.05, 4.69) is 47.2 Å². The normalized spacial score (nSPS) is 20.5. The molecule has 0 bridgehead atoms. The Hall–Kier alpha value is -1.98. The minimum atomic E-state index is -4.08. The summed E-state index contributed by atoms with van der Waals surface area (Å²) in [5.41, 5.74) is 1.33. The number of aromatic nitrogens is 4. The van der Waals surface area contributed by atoms with Crippen molar-refractivity contribution < 1.29 is 22.5 Å². The fraction of sp³-hybridized carbons (Fsp3) is 0.400. The predicted molar refractivity (Wildman–Crippen MR) is 134 cm³/mol. The van der Waals surface area contributed by atoms with Crippen molar-refractivity contribution in [2.24, 2.45) is 11.1 Å². The van der Waals surface area contributed by atoms with E-state index in [1.54, 1.807) is 6.20 Å². The highest BCUT2D eigenvalue weighted by molar-refractivity contribution is 14.1. The molecule has 0 amide bonds. The van der Waals surface area contributed by atoms with Gasteiger partial charge in [-0.3, -0.25) is 13.7 Å². The van der Waals surface area contributed by atoms with E-state index in [1.165, 1.54) is 23.9 Å². The first-order valence-electron chi connectivity index (χ1n) is 10.3. The summed E-state index contributed by atoms with van der Waals surface area (Å²) in [6.07, 6.45) is 6.53. The number of rotatable bonds is 9. The number of nitrogens with zero attached hydrogens (tertiary/aromatic N) is 4. The van der Waals surface area contributed by atoms with Crippen LogP contribution in [0.2, 0.25) is 0 Å². The number of aliphatic hydroxyl groups excluding tert-OH is 1. The maximum atomic E-state index is 13.3. The first-order valence-corrected chi connectivity index (χ1v) is 13.7. The van der Waals surface area contributed by atoms with Crippen LogP contribution in [0.5, 0.6) is 0 Å². The lowest BCUT2D eigenvalue weighted by molar-refractivity contribution is 0.101. The lowest BCUT2D eigenvalue weighted by atomic mass is 10.1. The number of ketones is 1. The van der Waals surface area contributed by atoms with E-state index >= 15 is 0 Å². The molecule has 1 saturated carbocycles. The Balaban J connectivity index is 1.47. The molecule has 0 unspecified atom stereocenters. The maximum Gasteiger partial charge on any atom is 0.333 e. The van der Waals surface area contributed by atoms with Crippen LogP contribution in [0.1, 0.15) is 38.5 Å². The summed E-state index contributed by atoms with van der Waals surface area (Å²) >= 11 is 3.60. The Kier molecular flexibility index (Phi) is 7.63. The minimum Gasteiger partial charge on any atom is -0.393 e. The van der Waals surface area contributed by atoms with Gasteiger partial charge >= 0.3 is 10.3 Å². The Morgan fingerprint density at radius 2 is 2.21 bits per heavy atom. The van der Waals surface area contributed by atoms with E-state index in [-0.39, 0.29) is 18.4 Å². The van der Waals surface area contributed by atoms with Crippen LogP contribution < -0.4 is 10.5 Å². The van der Waals surface area contributed by atoms with Gasteiger partial charge in [0.2, 0.25) is 5.78 Å². The third kappa shape index (κ3) is 6.17. The van der Waals surface area contributed by atoms with E-state index in [0.717, 1.165) is 14.0 Å². The summed E-state index contributed by atoms with van der Waals surface area (Å²) in [4.78, 5) is 23.2. The second-order valence-corrected chi connectivity index (χ2v) is 11.8. The summed E-state index contributed by atoms with van der Waals surface area (Å²) in [6, 6.07) is 1.64. The number of halogens is 1. The molecule has 182 valence electrons. The molecule has 1 aliphatic rings. The zero-order chi connectivity index (χ0) is 24.5. The number of anilines is 1. The van der Waals surface area contributed by atoms with E-state index in [9.17, 15) is 18.3 Å². The molecule has 0 spiro atoms. The molecule has 0 aromatic carbocycles. The van der Waals surface area contributed by atoms with E-state index < -0.39 is 22.3 Å². The van der Waals surface area contributed by atoms with Crippen LogP contribution in [0.25, 0.3) is 0 Å². The van der Waals surface area contributed by atoms with E-state index in [0.29, 0.717) is 35.6 Å². The zero-order valence-corrected chi connectivity index (χ0v) is 21.9. The lowest BCUT2D eigenvalue weighted by Gasteiger charge is -2.15. The van der Waals surface area contributed by atoms with Crippen molar-refractivity contribution in [3.63, 3.8) is 0 Å². The molecule has 3 aromatic heterocycles. The summed E-state index contributed by atoms with van der Waals surface area (Å²) in [5, 5.41) is 22.7. The fourth-order valence-corrected chi connectivity index (χ4v) is 5.71. The van der Waals surface area contributed by atoms with Gasteiger partial charge in [-0.1, -0.05) is 0 Å². The molecule has 34 heavy (non-hydrogen) atoms. The van der Waals surface area contributed by atoms with Crippen LogP contribution in [-0.4, -0.2) is 57.8 Å². The molecule has 0 saturated heterocycles. The molecule has 14 heteroatoms. The topological polar surface area (TPSA) is 162 Å². The first-order chi connectivity index (χ1) is 16.1. The van der Waals surface area contributed by atoms with Gasteiger partial charge in [0.15, 0.2) is 0 Å². The van der Waals surface area contributed by atoms with Crippen molar-refractivity contribution in [2.75, 3.05) is 11.9 Å². The molecule has 11 nitrogen and oxygen atoms in total. The van der Waals surface area contributed by atoms with Crippen LogP contribution >= 0.6 is 33.9 Å². The lowest BCUT2D eigenvalue weighted by Crippen LogP contribution is -2.24. The number of hydrogen-bond donors (Lipinski definition) is 3. The number of nitrogens with one attached hydrogen (secondary N) is 1. The number of carbonyl (C=O) groups is 1. The van der Waals surface area contributed by atoms with Crippen molar-refractivity contribution in [2.45, 2.75) is 38.5 Å². The molecule has 0 radical (unpaired) electrons. The predicted octanol–water partition coefficient (Wildman–Crippen LogP) is 1.70. The van der Waals surface area contributed by atoms with Crippen LogP contribution in [0.15, 0.2) is 31.0 Å². The van der Waals surface area contributed by atoms with Gasteiger partial charge in [0.25, 0.3) is 0 Å². The molecule has 4 N–H and O–H groups in total. The highest BCUT2D eigenvalue weighted by Crippen LogP contribution is 2.31. The smallest absolute Gasteiger partial charge is 0.333 e. The van der Waals surface area contributed by atoms with Gasteiger partial charge < -0.3 is 10.4 Å². The monoisotopic (exact) mass is 618 g/mol. The fourth-order valence-electron chi connectivity index (χ4n) is 3.91. The van der Waals surface area contributed by atoms with Crippen molar-refractivity contribution in [1.82, 2.24) is 19.7 Å². The molecule has 4 rings (SSSR count). The third-order valence-corrected chi connectivity index (χ3v) is 7.69. The SMILES string of the molecule is Cc1sc(C(=O)c2cncnc2N[C@@H]2C[C@H](COS(N)(=O)=O)[C@@H](O)C2)cc1Cn1cc(I)cn1. The van der Waals surface area contributed by atoms with Gasteiger partial charge in [-0.15, -0.1) is 11.3 Å². The molecular weight excluding hydrogens is 595 g/mol. The van der Waals surface area contributed by atoms with Gasteiger partial charge in [0, 0.05) is 29.2 Å². The number of hydrogen-bond acceptors (Lipinski definition) is 10. The van der Waals surface area contributed by atoms with Crippen LogP contribution in [0, 0.1) is 16.4 Å². The molecule has 1 fully saturated rings. The first kappa shape index (κ1) is 25.1. The Morgan fingerprint density at radius 3 is 2.91 bits per heavy atom. The molecule has 1 aliphatic carbocycles. The molecule has 3 atom stereocenters. The van der Waals surface area contributed by atoms with Crippen molar-refractivity contribution in [3.8, 4) is 0 Å². The molecule has 3 heterocycles. The standard InChI is InChI=1S/C20H23IN6O5S2/c1-11-12(7-27-8-14(21)5-25-27)3-18(33-11)19(29)16-6-23-10-24-20(16)26-15-2-13(17(28)4-15)9-32-34(22,30)31/h3,5-6,8,10,13,15,17,28H,2,4,7,9H2,1H3,(H2,22,30,31)(H,23,24,26)/t13-,15-,17+/m1/s1. The molecule has 3 aromatic rings. The second-order valence-electron chi connectivity index (χ2n) is 8.08. The quantitative estimate of drug-likeness (QED) is 0.239. The highest BCUT2D eigenvalue weighted by atomic mass is 127. The van der Waals surface area contributed by atoms with Gasteiger partial charge in [-0.05, 0) is 54.0 Å². The Labute approximate surface area is 214 Å². The van der Waals surface area contributed by atoms with E-state index in [4.69, 9.17) is 5.14 Å². The van der Waals surface area contributed by atoms with Crippen LogP contribution in [0.3, 0.4) is 0 Å². The largest absolute Gasteiger partial charge is 0.393 e. The number of carbonyl (C=O) groups excluding carboxylic acids is 1. The van der Waals surface area contributed by atoms with Crippen molar-refractivity contribution in [3.05, 3.63) is 55.4 Å². The Morgan fingerprint density at radius 1 is 1.41 bits per heavy atom. The summed E-state index contributed by atoms with van der Waals surface area (Å²) < 4.78 is 29.6. The number of aliphatic hydroxyl groups is 1. The summed E-state index contributed by atoms with van der Waals surface area (Å²) in [7, 11) is -4.08. The number of nitrogens with two attached hydrogens (primary N) is 1. The summed E-state index contributed by atoms with van der Waals surface area (Å²) in [6.45, 7) is 2.33. The minimum absolute atomic E-state index is 0.204. The highest BCUT2D eigenvalue weighted by Gasteiger charge is 2.34. The second kappa shape index (κ2) is 10.3. The van der Waals surface area contributed by atoms with Gasteiger partial charge in [0.1, 0.15) is 12.1 Å². The third-order valence-electron chi connectivity index (χ3n) is 5.58. The van der Waals surface area contributed by atoms with Crippen LogP contribution in [0.4, 0.5) is 5.82 Å². The van der Waals surface area contributed by atoms with Crippen molar-refractivity contribution in [1.29, 1.82) is 0 Å². The van der Waals surface area contributed by atoms with Gasteiger partial charge in [0.05, 0.1) is 39.5 Å². The maximum absolute atomic E-state index is 13.3. The molecular formula is C20H23IN6O5S2. The number of aryl methyl sites for hydroxylation is 1. The average molecular weight is 618 g/mol. The van der Waals surface area contributed by atoms with E-state index in [1.807, 2.05) is 23.9 Å². The molecule has 0 aliphatic heterocycles. The number of thiophene rings is 1. The van der Waals surface area contributed by atoms with Crippen LogP contribution in [-0.2, 0) is 21.0 Å². The Bertz CT molecular complexity index is 1290. The van der Waals surface area contributed by atoms with Gasteiger partial charge in [-0.25, -0.2) is 15.1 Å².